The molecule has 3 rings (SSSR count). The summed E-state index contributed by atoms with van der Waals surface area (Å²) in [6, 6.07) is 1.08. The van der Waals surface area contributed by atoms with E-state index >= 15 is 0 Å². The molecule has 7 heteroatoms. The number of ether oxygens (including phenoxy) is 1. The quantitative estimate of drug-likeness (QED) is 0.151. The molecule has 0 saturated carbocycles. The fourth-order valence-electron chi connectivity index (χ4n) is 5.83. The highest BCUT2D eigenvalue weighted by Crippen LogP contribution is 2.37. The lowest BCUT2D eigenvalue weighted by Gasteiger charge is -2.38. The van der Waals surface area contributed by atoms with E-state index in [-0.39, 0.29) is 23.7 Å². The molecule has 3 aliphatic heterocycles. The molecule has 1 saturated heterocycles. The number of esters is 1. The van der Waals surface area contributed by atoms with Gasteiger partial charge in [-0.05, 0) is 51.2 Å². The second-order valence-corrected chi connectivity index (χ2v) is 17.5. The molecule has 3 heterocycles. The molecule has 0 aromatic carbocycles. The highest BCUT2D eigenvalue weighted by atomic mass is 28.4. The lowest BCUT2D eigenvalue weighted by atomic mass is 9.96. The largest absolute Gasteiger partial charge is 0.458 e. The van der Waals surface area contributed by atoms with Gasteiger partial charge in [0.15, 0.2) is 8.32 Å². The van der Waals surface area contributed by atoms with Crippen LogP contribution in [0.15, 0.2) is 28.9 Å². The van der Waals surface area contributed by atoms with E-state index in [4.69, 9.17) is 14.2 Å². The Kier molecular flexibility index (Phi) is 10.0. The Morgan fingerprint density at radius 3 is 2.61 bits per heavy atom. The van der Waals surface area contributed by atoms with Gasteiger partial charge >= 0.3 is 11.9 Å². The number of aliphatic imine (C=N–C) groups is 1. The van der Waals surface area contributed by atoms with Gasteiger partial charge in [0.25, 0.3) is 0 Å². The number of hydrogen-bond donors (Lipinski definition) is 2. The van der Waals surface area contributed by atoms with Crippen molar-refractivity contribution in [1.82, 2.24) is 5.32 Å². The lowest BCUT2D eigenvalue weighted by Crippen LogP contribution is -3.22. The normalized spacial score (nSPS) is 26.7. The van der Waals surface area contributed by atoms with Crippen molar-refractivity contribution in [2.75, 3.05) is 6.61 Å². The number of hydrogen-bond acceptors (Lipinski definition) is 5. The van der Waals surface area contributed by atoms with Crippen molar-refractivity contribution in [3.8, 4) is 0 Å². The van der Waals surface area contributed by atoms with Gasteiger partial charge in [-0.3, -0.25) is 10.2 Å². The van der Waals surface area contributed by atoms with Crippen molar-refractivity contribution in [2.24, 2.45) is 4.99 Å². The molecule has 0 spiro atoms. The van der Waals surface area contributed by atoms with Gasteiger partial charge in [0.1, 0.15) is 18.2 Å². The molecule has 36 heavy (non-hydrogen) atoms. The zero-order valence-corrected chi connectivity index (χ0v) is 25.0. The molecule has 5 atom stereocenters. The second-order valence-electron chi connectivity index (χ2n) is 12.7. The number of nitrogens with zero attached hydrogens (tertiary/aromatic N) is 1. The zero-order valence-electron chi connectivity index (χ0n) is 24.0. The molecule has 3 aliphatic rings. The molecular weight excluding hydrogens is 466 g/mol. The predicted octanol–water partition coefficient (Wildman–Crippen LogP) is 5.28. The number of carbonyl (C=O) groups is 1. The minimum absolute atomic E-state index is 0.177. The van der Waals surface area contributed by atoms with Gasteiger partial charge in [0.05, 0.1) is 12.1 Å². The highest BCUT2D eigenvalue weighted by Gasteiger charge is 2.51. The third-order valence-electron chi connectivity index (χ3n) is 8.70. The maximum atomic E-state index is 13.1. The van der Waals surface area contributed by atoms with Crippen molar-refractivity contribution in [1.29, 1.82) is 0 Å². The average Bonchev–Trinajstić information content (AvgIpc) is 3.19. The van der Waals surface area contributed by atoms with Crippen molar-refractivity contribution in [3.05, 3.63) is 23.9 Å². The van der Waals surface area contributed by atoms with E-state index in [0.29, 0.717) is 18.2 Å². The zero-order chi connectivity index (χ0) is 26.5. The van der Waals surface area contributed by atoms with Crippen LogP contribution in [0.25, 0.3) is 0 Å². The molecule has 204 valence electrons. The standard InChI is InChI=1S/C29H51N3O3Si/c1-9-19-34-27(33)26-24(31-28-30-21(2)20-23-17-18-25(26)32(23)28)16-14-12-10-11-13-15-22(3)35-36(7,8)29(4,5)6/h9,21-23,25H,1,10-20H2,2-8H3,(H,30,31)/p+1/t21-,22+,23+,25-/m0/s1. The van der Waals surface area contributed by atoms with E-state index in [1.807, 2.05) is 0 Å². The maximum absolute atomic E-state index is 13.1. The summed E-state index contributed by atoms with van der Waals surface area (Å²) >= 11 is 0. The van der Waals surface area contributed by atoms with Crippen LogP contribution in [0, 0.1) is 0 Å². The molecule has 2 N–H and O–H groups in total. The maximum Gasteiger partial charge on any atom is 0.342 e. The van der Waals surface area contributed by atoms with Crippen molar-refractivity contribution in [3.63, 3.8) is 0 Å². The summed E-state index contributed by atoms with van der Waals surface area (Å²) in [4.78, 5) is 19.4. The molecule has 0 aliphatic carbocycles. The Morgan fingerprint density at radius 1 is 1.22 bits per heavy atom. The minimum Gasteiger partial charge on any atom is -0.458 e. The number of guanidine groups is 1. The summed E-state index contributed by atoms with van der Waals surface area (Å²) in [5.74, 6) is 0.871. The van der Waals surface area contributed by atoms with Gasteiger partial charge in [-0.15, -0.1) is 0 Å². The van der Waals surface area contributed by atoms with E-state index in [2.05, 4.69) is 59.6 Å². The summed E-state index contributed by atoms with van der Waals surface area (Å²) < 4.78 is 12.0. The van der Waals surface area contributed by atoms with Gasteiger partial charge in [0.2, 0.25) is 0 Å². The molecule has 0 aromatic heterocycles. The smallest absolute Gasteiger partial charge is 0.342 e. The Labute approximate surface area is 221 Å². The molecular formula is C29H52N3O3Si+. The molecule has 1 fully saturated rings. The van der Waals surface area contributed by atoms with E-state index in [1.165, 1.54) is 30.6 Å². The summed E-state index contributed by atoms with van der Waals surface area (Å²) in [6.45, 7) is 20.0. The summed E-state index contributed by atoms with van der Waals surface area (Å²) in [5.41, 5.74) is 1.90. The molecule has 1 unspecified atom stereocenters. The van der Waals surface area contributed by atoms with Crippen LogP contribution in [-0.4, -0.2) is 51.1 Å². The lowest BCUT2D eigenvalue weighted by molar-refractivity contribution is -0.846. The molecule has 6 nitrogen and oxygen atoms in total. The fraction of sp³-hybridized carbons (Fsp3) is 0.793. The Hall–Kier alpha value is -1.44. The summed E-state index contributed by atoms with van der Waals surface area (Å²) in [6.07, 6.45) is 13.2. The van der Waals surface area contributed by atoms with Crippen LogP contribution in [0.1, 0.15) is 98.8 Å². The van der Waals surface area contributed by atoms with Crippen LogP contribution in [-0.2, 0) is 14.0 Å². The van der Waals surface area contributed by atoms with E-state index in [1.54, 1.807) is 6.08 Å². The first-order valence-corrected chi connectivity index (χ1v) is 17.3. The third kappa shape index (κ3) is 7.10. The summed E-state index contributed by atoms with van der Waals surface area (Å²) in [5, 5.41) is 3.86. The van der Waals surface area contributed by atoms with E-state index < -0.39 is 8.32 Å². The van der Waals surface area contributed by atoms with Crippen LogP contribution >= 0.6 is 0 Å². The fourth-order valence-corrected chi connectivity index (χ4v) is 7.31. The van der Waals surface area contributed by atoms with Gasteiger partial charge in [0, 0.05) is 31.1 Å². The summed E-state index contributed by atoms with van der Waals surface area (Å²) in [7, 11) is -1.68. The average molecular weight is 519 g/mol. The van der Waals surface area contributed by atoms with Crippen LogP contribution in [0.4, 0.5) is 0 Å². The molecule has 0 bridgehead atoms. The number of quaternary nitrogens is 1. The molecule has 0 amide bonds. The number of unbranched alkanes of at least 4 members (excludes halogenated alkanes) is 4. The second kappa shape index (κ2) is 12.4. The van der Waals surface area contributed by atoms with Crippen molar-refractivity contribution in [2.45, 2.75) is 141 Å². The van der Waals surface area contributed by atoms with Gasteiger partial charge < -0.3 is 9.16 Å². The number of nitrogens with one attached hydrogen (secondary N) is 2. The van der Waals surface area contributed by atoms with Crippen molar-refractivity contribution >= 4 is 20.2 Å². The number of allylic oxidation sites excluding steroid dienone is 1. The van der Waals surface area contributed by atoms with E-state index in [9.17, 15) is 4.79 Å². The number of rotatable bonds is 13. The molecule has 0 radical (unpaired) electrons. The van der Waals surface area contributed by atoms with Crippen LogP contribution in [0.3, 0.4) is 0 Å². The van der Waals surface area contributed by atoms with E-state index in [0.717, 1.165) is 55.8 Å². The number of carbonyl (C=O) groups excluding carboxylic acids is 1. The van der Waals surface area contributed by atoms with Crippen LogP contribution in [0.2, 0.25) is 18.1 Å². The minimum atomic E-state index is -1.68. The first kappa shape index (κ1) is 29.1. The third-order valence-corrected chi connectivity index (χ3v) is 13.3. The van der Waals surface area contributed by atoms with Crippen LogP contribution < -0.4 is 10.2 Å². The predicted molar refractivity (Wildman–Crippen MR) is 151 cm³/mol. The van der Waals surface area contributed by atoms with Gasteiger partial charge in [-0.25, -0.2) is 9.79 Å². The highest BCUT2D eigenvalue weighted by molar-refractivity contribution is 6.74. The molecule has 0 aromatic rings. The van der Waals surface area contributed by atoms with Crippen molar-refractivity contribution < 1.29 is 18.9 Å². The Bertz CT molecular complexity index is 845. The first-order valence-electron chi connectivity index (χ1n) is 14.4. The topological polar surface area (TPSA) is 64.4 Å². The Morgan fingerprint density at radius 2 is 1.92 bits per heavy atom. The van der Waals surface area contributed by atoms with Gasteiger partial charge in [-0.2, -0.15) is 0 Å². The SMILES string of the molecule is C=CCOC(=O)C1=C(CCCCCCC[C@@H](C)O[Si](C)(C)C(C)(C)C)NC2=N[C@@H](C)C[C@H]3CC[C@@H]1[NH+]23. The van der Waals surface area contributed by atoms with Gasteiger partial charge in [-0.1, -0.05) is 59.1 Å². The van der Waals surface area contributed by atoms with Crippen LogP contribution in [0.5, 0.6) is 0 Å². The first-order chi connectivity index (χ1) is 16.9. The Balaban J connectivity index is 1.50. The monoisotopic (exact) mass is 518 g/mol.